The maximum atomic E-state index is 10.9. The first-order valence-corrected chi connectivity index (χ1v) is 5.89. The zero-order valence-electron chi connectivity index (χ0n) is 10.7. The number of primary amides is 1. The van der Waals surface area contributed by atoms with Gasteiger partial charge in [0.1, 0.15) is 17.6 Å². The SMILES string of the molecule is Cn1cnc2c(NCc3ccc(C(N)=O)o3)ncnc21. The molecule has 0 saturated carbocycles. The molecule has 8 nitrogen and oxygen atoms in total. The van der Waals surface area contributed by atoms with Crippen molar-refractivity contribution < 1.29 is 9.21 Å². The van der Waals surface area contributed by atoms with E-state index in [2.05, 4.69) is 20.3 Å². The lowest BCUT2D eigenvalue weighted by Crippen LogP contribution is -2.09. The molecule has 0 unspecified atom stereocenters. The minimum absolute atomic E-state index is 0.132. The summed E-state index contributed by atoms with van der Waals surface area (Å²) < 4.78 is 7.08. The third kappa shape index (κ3) is 2.07. The van der Waals surface area contributed by atoms with E-state index in [4.69, 9.17) is 10.2 Å². The highest BCUT2D eigenvalue weighted by Gasteiger charge is 2.10. The second-order valence-corrected chi connectivity index (χ2v) is 4.23. The largest absolute Gasteiger partial charge is 0.454 e. The van der Waals surface area contributed by atoms with Gasteiger partial charge in [0.05, 0.1) is 12.9 Å². The van der Waals surface area contributed by atoms with Crippen LogP contribution in [0.2, 0.25) is 0 Å². The fourth-order valence-electron chi connectivity index (χ4n) is 1.85. The van der Waals surface area contributed by atoms with E-state index in [1.165, 1.54) is 12.4 Å². The summed E-state index contributed by atoms with van der Waals surface area (Å²) >= 11 is 0. The molecule has 3 N–H and O–H groups in total. The molecule has 8 heteroatoms. The lowest BCUT2D eigenvalue weighted by molar-refractivity contribution is 0.0972. The number of nitrogens with two attached hydrogens (primary N) is 1. The number of amides is 1. The molecule has 0 aliphatic rings. The summed E-state index contributed by atoms with van der Waals surface area (Å²) in [6, 6.07) is 3.22. The number of anilines is 1. The number of furan rings is 1. The van der Waals surface area contributed by atoms with Gasteiger partial charge in [-0.25, -0.2) is 15.0 Å². The third-order valence-corrected chi connectivity index (χ3v) is 2.83. The highest BCUT2D eigenvalue weighted by molar-refractivity contribution is 5.89. The first kappa shape index (κ1) is 12.2. The van der Waals surface area contributed by atoms with Gasteiger partial charge < -0.3 is 20.0 Å². The standard InChI is InChI=1S/C12H12N6O2/c1-18-6-17-9-11(15-5-16-12(9)18)14-4-7-2-3-8(20-7)10(13)19/h2-3,5-6H,4H2,1H3,(H2,13,19)(H,14,15,16). The predicted molar refractivity (Wildman–Crippen MR) is 70.9 cm³/mol. The molecule has 3 aromatic heterocycles. The van der Waals surface area contributed by atoms with Crippen molar-refractivity contribution in [2.45, 2.75) is 6.54 Å². The summed E-state index contributed by atoms with van der Waals surface area (Å²) in [4.78, 5) is 23.5. The summed E-state index contributed by atoms with van der Waals surface area (Å²) in [6.45, 7) is 0.371. The molecule has 0 fully saturated rings. The average molecular weight is 272 g/mol. The number of hydrogen-bond acceptors (Lipinski definition) is 6. The van der Waals surface area contributed by atoms with E-state index in [1.54, 1.807) is 17.0 Å². The Morgan fingerprint density at radius 2 is 2.25 bits per heavy atom. The number of fused-ring (bicyclic) bond motifs is 1. The van der Waals surface area contributed by atoms with Crippen molar-refractivity contribution >= 4 is 22.9 Å². The molecule has 3 rings (SSSR count). The number of carbonyl (C=O) groups is 1. The highest BCUT2D eigenvalue weighted by atomic mass is 16.3. The van der Waals surface area contributed by atoms with Crippen LogP contribution in [0.5, 0.6) is 0 Å². The smallest absolute Gasteiger partial charge is 0.284 e. The second-order valence-electron chi connectivity index (χ2n) is 4.23. The van der Waals surface area contributed by atoms with E-state index in [0.29, 0.717) is 23.6 Å². The van der Waals surface area contributed by atoms with E-state index >= 15 is 0 Å². The normalized spacial score (nSPS) is 10.8. The van der Waals surface area contributed by atoms with Gasteiger partial charge in [0.2, 0.25) is 0 Å². The Hall–Kier alpha value is -2.90. The molecule has 0 aliphatic heterocycles. The third-order valence-electron chi connectivity index (χ3n) is 2.83. The number of imidazole rings is 1. The fraction of sp³-hybridized carbons (Fsp3) is 0.167. The Labute approximate surface area is 113 Å². The molecule has 0 atom stereocenters. The van der Waals surface area contributed by atoms with Crippen molar-refractivity contribution in [1.82, 2.24) is 19.5 Å². The van der Waals surface area contributed by atoms with Crippen LogP contribution in [0.1, 0.15) is 16.3 Å². The number of nitrogens with zero attached hydrogens (tertiary/aromatic N) is 4. The number of hydrogen-bond donors (Lipinski definition) is 2. The van der Waals surface area contributed by atoms with Gasteiger partial charge in [-0.05, 0) is 12.1 Å². The van der Waals surface area contributed by atoms with Crippen molar-refractivity contribution in [3.8, 4) is 0 Å². The molecule has 0 spiro atoms. The Morgan fingerprint density at radius 1 is 1.40 bits per heavy atom. The molecule has 0 aromatic carbocycles. The van der Waals surface area contributed by atoms with E-state index in [0.717, 1.165) is 5.65 Å². The van der Waals surface area contributed by atoms with Gasteiger partial charge in [-0.1, -0.05) is 0 Å². The monoisotopic (exact) mass is 272 g/mol. The lowest BCUT2D eigenvalue weighted by atomic mass is 10.4. The molecule has 3 aromatic rings. The molecule has 0 radical (unpaired) electrons. The van der Waals surface area contributed by atoms with Crippen molar-refractivity contribution in [3.63, 3.8) is 0 Å². The van der Waals surface area contributed by atoms with Gasteiger partial charge in [0, 0.05) is 7.05 Å². The molecule has 0 bridgehead atoms. The van der Waals surface area contributed by atoms with Crippen molar-refractivity contribution in [1.29, 1.82) is 0 Å². The van der Waals surface area contributed by atoms with Crippen LogP contribution in [0.4, 0.5) is 5.82 Å². The van der Waals surface area contributed by atoms with Gasteiger partial charge in [0.15, 0.2) is 17.2 Å². The first-order valence-electron chi connectivity index (χ1n) is 5.89. The van der Waals surface area contributed by atoms with Crippen LogP contribution in [0.15, 0.2) is 29.2 Å². The molecule has 1 amide bonds. The van der Waals surface area contributed by atoms with Gasteiger partial charge in [-0.15, -0.1) is 0 Å². The van der Waals surface area contributed by atoms with Crippen LogP contribution < -0.4 is 11.1 Å². The van der Waals surface area contributed by atoms with Crippen LogP contribution in [0, 0.1) is 0 Å². The van der Waals surface area contributed by atoms with Crippen LogP contribution in [0.3, 0.4) is 0 Å². The van der Waals surface area contributed by atoms with Crippen molar-refractivity contribution in [3.05, 3.63) is 36.3 Å². The lowest BCUT2D eigenvalue weighted by Gasteiger charge is -2.03. The summed E-state index contributed by atoms with van der Waals surface area (Å²) in [5.41, 5.74) is 6.54. The molecule has 3 heterocycles. The van der Waals surface area contributed by atoms with Gasteiger partial charge in [-0.2, -0.15) is 0 Å². The maximum Gasteiger partial charge on any atom is 0.284 e. The zero-order valence-corrected chi connectivity index (χ0v) is 10.7. The van der Waals surface area contributed by atoms with Gasteiger partial charge in [0.25, 0.3) is 5.91 Å². The van der Waals surface area contributed by atoms with Gasteiger partial charge in [-0.3, -0.25) is 4.79 Å². The fourth-order valence-corrected chi connectivity index (χ4v) is 1.85. The molecular weight excluding hydrogens is 260 g/mol. The van der Waals surface area contributed by atoms with Crippen molar-refractivity contribution in [2.75, 3.05) is 5.32 Å². The van der Waals surface area contributed by atoms with E-state index in [-0.39, 0.29) is 5.76 Å². The summed E-state index contributed by atoms with van der Waals surface area (Å²) in [5, 5.41) is 3.10. The Bertz CT molecular complexity index is 775. The molecule has 0 aliphatic carbocycles. The highest BCUT2D eigenvalue weighted by Crippen LogP contribution is 2.17. The minimum atomic E-state index is -0.592. The van der Waals surface area contributed by atoms with Crippen LogP contribution in [-0.4, -0.2) is 25.4 Å². The summed E-state index contributed by atoms with van der Waals surface area (Å²) in [6.07, 6.45) is 3.13. The number of aromatic nitrogens is 4. The number of rotatable bonds is 4. The average Bonchev–Trinajstić information content (AvgIpc) is 3.04. The molecular formula is C12H12N6O2. The molecule has 20 heavy (non-hydrogen) atoms. The second kappa shape index (κ2) is 4.65. The minimum Gasteiger partial charge on any atom is -0.454 e. The molecule has 0 saturated heterocycles. The topological polar surface area (TPSA) is 112 Å². The van der Waals surface area contributed by atoms with Crippen LogP contribution in [-0.2, 0) is 13.6 Å². The van der Waals surface area contributed by atoms with Crippen LogP contribution in [0.25, 0.3) is 11.2 Å². The Kier molecular flexibility index (Phi) is 2.82. The van der Waals surface area contributed by atoms with Crippen LogP contribution >= 0.6 is 0 Å². The quantitative estimate of drug-likeness (QED) is 0.721. The summed E-state index contributed by atoms with van der Waals surface area (Å²) in [7, 11) is 1.86. The van der Waals surface area contributed by atoms with E-state index < -0.39 is 5.91 Å². The maximum absolute atomic E-state index is 10.9. The zero-order chi connectivity index (χ0) is 14.1. The molecule has 102 valence electrons. The number of nitrogens with one attached hydrogen (secondary N) is 1. The number of carbonyl (C=O) groups excluding carboxylic acids is 1. The van der Waals surface area contributed by atoms with E-state index in [9.17, 15) is 4.79 Å². The summed E-state index contributed by atoms with van der Waals surface area (Å²) in [5.74, 6) is 0.729. The van der Waals surface area contributed by atoms with E-state index in [1.807, 2.05) is 7.05 Å². The number of aryl methyl sites for hydroxylation is 1. The van der Waals surface area contributed by atoms with Gasteiger partial charge >= 0.3 is 0 Å². The Morgan fingerprint density at radius 3 is 3.00 bits per heavy atom. The predicted octanol–water partition coefficient (Wildman–Crippen LogP) is 0.667. The van der Waals surface area contributed by atoms with Crippen molar-refractivity contribution in [2.24, 2.45) is 12.8 Å². The first-order chi connectivity index (χ1) is 9.65. The Balaban J connectivity index is 1.81.